The van der Waals surface area contributed by atoms with Crippen molar-refractivity contribution in [1.29, 1.82) is 0 Å². The normalized spacial score (nSPS) is 23.4. The third kappa shape index (κ3) is 2.78. The highest BCUT2D eigenvalue weighted by atomic mass is 32.1. The molecule has 1 aromatic rings. The zero-order valence-electron chi connectivity index (χ0n) is 10.5. The van der Waals surface area contributed by atoms with Gasteiger partial charge in [0.1, 0.15) is 0 Å². The van der Waals surface area contributed by atoms with Crippen molar-refractivity contribution in [2.75, 3.05) is 5.75 Å². The lowest BCUT2D eigenvalue weighted by molar-refractivity contribution is -0.129. The number of likely N-dealkylation sites (tertiary alicyclic amines) is 1. The summed E-state index contributed by atoms with van der Waals surface area (Å²) in [6.45, 7) is 4.49. The molecule has 2 atom stereocenters. The highest BCUT2D eigenvalue weighted by Crippen LogP contribution is 2.30. The molecule has 0 bridgehead atoms. The minimum absolute atomic E-state index is 0.241. The Morgan fingerprint density at radius 3 is 2.72 bits per heavy atom. The van der Waals surface area contributed by atoms with Gasteiger partial charge in [-0.05, 0) is 23.7 Å². The second-order valence-electron chi connectivity index (χ2n) is 4.75. The molecule has 0 radical (unpaired) electrons. The van der Waals surface area contributed by atoms with Gasteiger partial charge in [-0.15, -0.1) is 6.58 Å². The number of hydrogen-bond acceptors (Lipinski definition) is 2. The van der Waals surface area contributed by atoms with Crippen LogP contribution in [0.2, 0.25) is 0 Å². The fourth-order valence-electron chi connectivity index (χ4n) is 2.58. The Hall–Kier alpha value is -1.22. The van der Waals surface area contributed by atoms with Gasteiger partial charge in [0.2, 0.25) is 5.91 Å². The Bertz CT molecular complexity index is 418. The number of carbonyl (C=O) groups excluding carboxylic acids is 1. The van der Waals surface area contributed by atoms with E-state index in [1.807, 2.05) is 29.2 Å². The SMILES string of the molecule is C=CC[C@H]1[C@H](CS)CC(=O)N1Cc1ccccc1. The van der Waals surface area contributed by atoms with E-state index < -0.39 is 0 Å². The van der Waals surface area contributed by atoms with Gasteiger partial charge >= 0.3 is 0 Å². The standard InChI is InChI=1S/C15H19NOS/c1-2-6-14-13(11-18)9-15(17)16(14)10-12-7-4-3-5-8-12/h2-5,7-8,13-14,18H,1,6,9-11H2/t13-,14-/m0/s1. The zero-order chi connectivity index (χ0) is 13.0. The zero-order valence-corrected chi connectivity index (χ0v) is 11.4. The van der Waals surface area contributed by atoms with Crippen molar-refractivity contribution in [2.45, 2.75) is 25.4 Å². The summed E-state index contributed by atoms with van der Waals surface area (Å²) >= 11 is 4.36. The van der Waals surface area contributed by atoms with Crippen molar-refractivity contribution in [3.63, 3.8) is 0 Å². The van der Waals surface area contributed by atoms with Crippen molar-refractivity contribution in [3.05, 3.63) is 48.6 Å². The Labute approximate surface area is 114 Å². The van der Waals surface area contributed by atoms with E-state index in [0.29, 0.717) is 18.9 Å². The molecule has 1 aliphatic heterocycles. The second kappa shape index (κ2) is 6.10. The number of carbonyl (C=O) groups is 1. The average molecular weight is 261 g/mol. The van der Waals surface area contributed by atoms with Gasteiger partial charge in [0, 0.05) is 19.0 Å². The molecular formula is C15H19NOS. The minimum Gasteiger partial charge on any atom is -0.335 e. The molecule has 1 saturated heterocycles. The van der Waals surface area contributed by atoms with E-state index >= 15 is 0 Å². The first-order valence-electron chi connectivity index (χ1n) is 6.31. The van der Waals surface area contributed by atoms with Gasteiger partial charge in [-0.3, -0.25) is 4.79 Å². The summed E-state index contributed by atoms with van der Waals surface area (Å²) in [5, 5.41) is 0. The van der Waals surface area contributed by atoms with Crippen LogP contribution >= 0.6 is 12.6 Å². The smallest absolute Gasteiger partial charge is 0.223 e. The molecule has 96 valence electrons. The highest BCUT2D eigenvalue weighted by molar-refractivity contribution is 7.80. The van der Waals surface area contributed by atoms with Crippen LogP contribution < -0.4 is 0 Å². The molecule has 0 aromatic heterocycles. The lowest BCUT2D eigenvalue weighted by atomic mass is 9.99. The molecule has 2 nitrogen and oxygen atoms in total. The molecular weight excluding hydrogens is 242 g/mol. The molecule has 0 aliphatic carbocycles. The predicted molar refractivity (Wildman–Crippen MR) is 77.6 cm³/mol. The van der Waals surface area contributed by atoms with Gasteiger partial charge in [-0.2, -0.15) is 12.6 Å². The maximum absolute atomic E-state index is 12.1. The summed E-state index contributed by atoms with van der Waals surface area (Å²) in [6, 6.07) is 10.4. The van der Waals surface area contributed by atoms with Crippen molar-refractivity contribution >= 4 is 18.5 Å². The van der Waals surface area contributed by atoms with E-state index in [9.17, 15) is 4.79 Å². The number of thiol groups is 1. The first-order valence-corrected chi connectivity index (χ1v) is 6.94. The molecule has 3 heteroatoms. The highest BCUT2D eigenvalue weighted by Gasteiger charge is 2.37. The molecule has 1 aliphatic rings. The minimum atomic E-state index is 0.241. The van der Waals surface area contributed by atoms with Crippen LogP contribution in [0.5, 0.6) is 0 Å². The average Bonchev–Trinajstić information content (AvgIpc) is 2.69. The number of benzene rings is 1. The van der Waals surface area contributed by atoms with Gasteiger partial charge in [0.15, 0.2) is 0 Å². The molecule has 0 N–H and O–H groups in total. The van der Waals surface area contributed by atoms with Crippen molar-refractivity contribution < 1.29 is 4.79 Å². The third-order valence-electron chi connectivity index (χ3n) is 3.54. The molecule has 1 amide bonds. The number of hydrogen-bond donors (Lipinski definition) is 1. The van der Waals surface area contributed by atoms with Gasteiger partial charge in [-0.25, -0.2) is 0 Å². The molecule has 0 spiro atoms. The Kier molecular flexibility index (Phi) is 4.48. The monoisotopic (exact) mass is 261 g/mol. The van der Waals surface area contributed by atoms with Crippen molar-refractivity contribution in [3.8, 4) is 0 Å². The van der Waals surface area contributed by atoms with E-state index in [0.717, 1.165) is 12.2 Å². The van der Waals surface area contributed by atoms with Crippen LogP contribution in [-0.2, 0) is 11.3 Å². The molecule has 18 heavy (non-hydrogen) atoms. The summed E-state index contributed by atoms with van der Waals surface area (Å²) in [5.74, 6) is 1.35. The molecule has 1 heterocycles. The topological polar surface area (TPSA) is 20.3 Å². The largest absolute Gasteiger partial charge is 0.335 e. The van der Waals surface area contributed by atoms with Crippen LogP contribution in [0.4, 0.5) is 0 Å². The first kappa shape index (κ1) is 13.2. The fourth-order valence-corrected chi connectivity index (χ4v) is 2.95. The van der Waals surface area contributed by atoms with Crippen LogP contribution in [0.3, 0.4) is 0 Å². The van der Waals surface area contributed by atoms with E-state index in [-0.39, 0.29) is 11.9 Å². The van der Waals surface area contributed by atoms with Crippen LogP contribution in [0, 0.1) is 5.92 Å². The molecule has 1 fully saturated rings. The molecule has 2 rings (SSSR count). The van der Waals surface area contributed by atoms with Gasteiger partial charge in [-0.1, -0.05) is 36.4 Å². The van der Waals surface area contributed by atoms with Gasteiger partial charge in [0.25, 0.3) is 0 Å². The molecule has 0 saturated carbocycles. The summed E-state index contributed by atoms with van der Waals surface area (Å²) < 4.78 is 0. The van der Waals surface area contributed by atoms with Crippen LogP contribution in [0.1, 0.15) is 18.4 Å². The Morgan fingerprint density at radius 2 is 2.11 bits per heavy atom. The van der Waals surface area contributed by atoms with E-state index in [4.69, 9.17) is 0 Å². The third-order valence-corrected chi connectivity index (χ3v) is 4.01. The van der Waals surface area contributed by atoms with E-state index in [1.165, 1.54) is 5.56 Å². The lowest BCUT2D eigenvalue weighted by Gasteiger charge is -2.27. The molecule has 0 unspecified atom stereocenters. The van der Waals surface area contributed by atoms with E-state index in [2.05, 4.69) is 31.3 Å². The van der Waals surface area contributed by atoms with Crippen molar-refractivity contribution in [1.82, 2.24) is 4.90 Å². The quantitative estimate of drug-likeness (QED) is 0.638. The van der Waals surface area contributed by atoms with Crippen LogP contribution in [0.25, 0.3) is 0 Å². The summed E-state index contributed by atoms with van der Waals surface area (Å²) in [7, 11) is 0. The summed E-state index contributed by atoms with van der Waals surface area (Å²) in [4.78, 5) is 14.1. The molecule has 1 aromatic carbocycles. The second-order valence-corrected chi connectivity index (χ2v) is 5.11. The number of nitrogens with zero attached hydrogens (tertiary/aromatic N) is 1. The Balaban J connectivity index is 2.14. The first-order chi connectivity index (χ1) is 8.76. The van der Waals surface area contributed by atoms with Crippen LogP contribution in [-0.4, -0.2) is 22.6 Å². The summed E-state index contributed by atoms with van der Waals surface area (Å²) in [5.41, 5.74) is 1.18. The summed E-state index contributed by atoms with van der Waals surface area (Å²) in [6.07, 6.45) is 3.37. The number of amides is 1. The Morgan fingerprint density at radius 1 is 1.39 bits per heavy atom. The van der Waals surface area contributed by atoms with Gasteiger partial charge in [0.05, 0.1) is 0 Å². The maximum atomic E-state index is 12.1. The van der Waals surface area contributed by atoms with Gasteiger partial charge < -0.3 is 4.90 Å². The lowest BCUT2D eigenvalue weighted by Crippen LogP contribution is -2.34. The van der Waals surface area contributed by atoms with E-state index in [1.54, 1.807) is 0 Å². The predicted octanol–water partition coefficient (Wildman–Crippen LogP) is 2.91. The fraction of sp³-hybridized carbons (Fsp3) is 0.400. The van der Waals surface area contributed by atoms with Crippen LogP contribution in [0.15, 0.2) is 43.0 Å². The van der Waals surface area contributed by atoms with Crippen molar-refractivity contribution in [2.24, 2.45) is 5.92 Å². The maximum Gasteiger partial charge on any atom is 0.223 e. The number of rotatable bonds is 5.